The normalized spacial score (nSPS) is 15.5. The first-order chi connectivity index (χ1) is 19.5. The van der Waals surface area contributed by atoms with E-state index in [0.717, 1.165) is 12.1 Å². The van der Waals surface area contributed by atoms with Gasteiger partial charge in [-0.25, -0.2) is 8.78 Å². The zero-order chi connectivity index (χ0) is 31.2. The average molecular weight is 611 g/mol. The molecule has 0 bridgehead atoms. The van der Waals surface area contributed by atoms with Gasteiger partial charge in [-0.15, -0.1) is 0 Å². The quantitative estimate of drug-likeness (QED) is 0.227. The number of aryl methyl sites for hydroxylation is 1. The van der Waals surface area contributed by atoms with Crippen LogP contribution in [0.15, 0.2) is 48.5 Å². The molecule has 0 aromatic heterocycles. The van der Waals surface area contributed by atoms with Crippen LogP contribution in [0.3, 0.4) is 0 Å². The van der Waals surface area contributed by atoms with E-state index in [0.29, 0.717) is 40.6 Å². The molecular weight excluding hydrogens is 580 g/mol. The second-order valence-corrected chi connectivity index (χ2v) is 12.0. The van der Waals surface area contributed by atoms with E-state index in [9.17, 15) is 30.8 Å². The maximum Gasteiger partial charge on any atom is 0.410 e. The highest BCUT2D eigenvalue weighted by molar-refractivity contribution is 7.88. The van der Waals surface area contributed by atoms with E-state index in [1.807, 2.05) is 0 Å². The van der Waals surface area contributed by atoms with Crippen LogP contribution in [0.1, 0.15) is 31.9 Å². The molecule has 1 heterocycles. The minimum absolute atomic E-state index is 0.0283. The van der Waals surface area contributed by atoms with Crippen molar-refractivity contribution >= 4 is 27.4 Å². The van der Waals surface area contributed by atoms with Crippen molar-refractivity contribution in [2.24, 2.45) is 0 Å². The van der Waals surface area contributed by atoms with E-state index in [2.05, 4.69) is 9.50 Å². The van der Waals surface area contributed by atoms with Gasteiger partial charge in [0.2, 0.25) is 0 Å². The molecular formula is C29H30F4N2O6S. The van der Waals surface area contributed by atoms with E-state index in [1.165, 1.54) is 30.2 Å². The largest absolute Gasteiger partial charge is 0.496 e. The zero-order valence-corrected chi connectivity index (χ0v) is 24.5. The summed E-state index contributed by atoms with van der Waals surface area (Å²) >= 11 is 0. The molecule has 226 valence electrons. The molecule has 1 N–H and O–H groups in total. The number of carbonyl (C=O) groups is 1. The van der Waals surface area contributed by atoms with Crippen molar-refractivity contribution in [3.8, 4) is 28.4 Å². The summed E-state index contributed by atoms with van der Waals surface area (Å²) in [5.41, 5.74) is 2.20. The van der Waals surface area contributed by atoms with Crippen LogP contribution in [-0.2, 0) is 21.5 Å². The van der Waals surface area contributed by atoms with Crippen LogP contribution in [0.5, 0.6) is 17.2 Å². The lowest BCUT2D eigenvalue weighted by Crippen LogP contribution is -2.52. The summed E-state index contributed by atoms with van der Waals surface area (Å²) in [7, 11) is -2.79. The SMILES string of the molecule is COc1cc(OS(=O)(=O)C(F)(F)C(C)F)ccc1-c1ccc2c(c1COc1cc(F)ccc1C)N(C)C(=O)C(C)(C)N2. The molecule has 0 radical (unpaired) electrons. The topological polar surface area (TPSA) is 94.2 Å². The van der Waals surface area contributed by atoms with E-state index >= 15 is 0 Å². The van der Waals surface area contributed by atoms with Gasteiger partial charge in [-0.2, -0.15) is 17.2 Å². The van der Waals surface area contributed by atoms with Gasteiger partial charge in [0.25, 0.3) is 5.91 Å². The second kappa shape index (κ2) is 11.0. The highest BCUT2D eigenvalue weighted by Crippen LogP contribution is 2.45. The number of halogens is 4. The molecule has 4 rings (SSSR count). The Morgan fingerprint density at radius 2 is 1.71 bits per heavy atom. The second-order valence-electron chi connectivity index (χ2n) is 10.4. The highest BCUT2D eigenvalue weighted by atomic mass is 32.2. The van der Waals surface area contributed by atoms with Gasteiger partial charge in [0.05, 0.1) is 18.5 Å². The lowest BCUT2D eigenvalue weighted by atomic mass is 9.91. The minimum Gasteiger partial charge on any atom is -0.496 e. The molecule has 3 aromatic carbocycles. The summed E-state index contributed by atoms with van der Waals surface area (Å²) in [6, 6.07) is 11.1. The average Bonchev–Trinajstić information content (AvgIpc) is 2.91. The van der Waals surface area contributed by atoms with Crippen LogP contribution >= 0.6 is 0 Å². The number of alkyl halides is 3. The molecule has 3 aromatic rings. The number of methoxy groups -OCH3 is 1. The summed E-state index contributed by atoms with van der Waals surface area (Å²) in [5.74, 6) is -0.959. The lowest BCUT2D eigenvalue weighted by Gasteiger charge is -2.39. The number of carbonyl (C=O) groups excluding carboxylic acids is 1. The van der Waals surface area contributed by atoms with Crippen molar-refractivity contribution in [3.05, 3.63) is 65.5 Å². The van der Waals surface area contributed by atoms with Crippen LogP contribution in [0, 0.1) is 12.7 Å². The Morgan fingerprint density at radius 3 is 2.36 bits per heavy atom. The van der Waals surface area contributed by atoms with Gasteiger partial charge < -0.3 is 23.9 Å². The monoisotopic (exact) mass is 610 g/mol. The molecule has 8 nitrogen and oxygen atoms in total. The number of benzene rings is 3. The van der Waals surface area contributed by atoms with Crippen molar-refractivity contribution in [1.82, 2.24) is 0 Å². The number of nitrogens with zero attached hydrogens (tertiary/aromatic N) is 1. The smallest absolute Gasteiger partial charge is 0.410 e. The number of hydrogen-bond donors (Lipinski definition) is 1. The van der Waals surface area contributed by atoms with E-state index in [4.69, 9.17) is 9.47 Å². The molecule has 1 aliphatic heterocycles. The summed E-state index contributed by atoms with van der Waals surface area (Å²) in [5, 5.41) is -1.57. The Labute approximate surface area is 241 Å². The molecule has 1 amide bonds. The first-order valence-corrected chi connectivity index (χ1v) is 14.2. The summed E-state index contributed by atoms with van der Waals surface area (Å²) < 4.78 is 95.4. The number of likely N-dealkylation sites (N-methyl/N-ethyl adjacent to an activating group) is 1. The third kappa shape index (κ3) is 5.57. The Bertz CT molecular complexity index is 1640. The van der Waals surface area contributed by atoms with Crippen LogP contribution < -0.4 is 23.9 Å². The highest BCUT2D eigenvalue weighted by Gasteiger charge is 2.53. The third-order valence-electron chi connectivity index (χ3n) is 6.89. The summed E-state index contributed by atoms with van der Waals surface area (Å²) in [6.07, 6.45) is -3.01. The van der Waals surface area contributed by atoms with Crippen molar-refractivity contribution in [1.29, 1.82) is 0 Å². The maximum absolute atomic E-state index is 14.0. The summed E-state index contributed by atoms with van der Waals surface area (Å²) in [4.78, 5) is 14.7. The molecule has 0 fully saturated rings. The predicted octanol–water partition coefficient (Wildman–Crippen LogP) is 6.22. The van der Waals surface area contributed by atoms with Crippen molar-refractivity contribution in [3.63, 3.8) is 0 Å². The van der Waals surface area contributed by atoms with Crippen LogP contribution in [-0.4, -0.2) is 45.4 Å². The Kier molecular flexibility index (Phi) is 8.11. The number of amides is 1. The van der Waals surface area contributed by atoms with E-state index in [-0.39, 0.29) is 24.0 Å². The van der Waals surface area contributed by atoms with Gasteiger partial charge in [0.15, 0.2) is 6.17 Å². The molecule has 42 heavy (non-hydrogen) atoms. The predicted molar refractivity (Wildman–Crippen MR) is 150 cm³/mol. The molecule has 1 unspecified atom stereocenters. The molecule has 0 aliphatic carbocycles. The van der Waals surface area contributed by atoms with Crippen LogP contribution in [0.2, 0.25) is 0 Å². The number of nitrogens with one attached hydrogen (secondary N) is 1. The minimum atomic E-state index is -5.67. The molecule has 0 saturated heterocycles. The molecule has 0 saturated carbocycles. The van der Waals surface area contributed by atoms with Crippen LogP contribution in [0.25, 0.3) is 11.1 Å². The maximum atomic E-state index is 14.0. The molecule has 1 aliphatic rings. The molecule has 13 heteroatoms. The lowest BCUT2D eigenvalue weighted by molar-refractivity contribution is -0.121. The van der Waals surface area contributed by atoms with Gasteiger partial charge in [0.1, 0.15) is 35.2 Å². The van der Waals surface area contributed by atoms with Crippen molar-refractivity contribution in [2.45, 2.75) is 51.3 Å². The number of fused-ring (bicyclic) bond motifs is 1. The Morgan fingerprint density at radius 1 is 1.05 bits per heavy atom. The van der Waals surface area contributed by atoms with E-state index < -0.39 is 38.7 Å². The number of rotatable bonds is 9. The van der Waals surface area contributed by atoms with Crippen molar-refractivity contribution < 1.29 is 44.4 Å². The molecule has 1 atom stereocenters. The van der Waals surface area contributed by atoms with Gasteiger partial charge in [0, 0.05) is 30.3 Å². The van der Waals surface area contributed by atoms with Gasteiger partial charge >= 0.3 is 15.4 Å². The standard InChI is InChI=1S/C29H30F4N2O6S/c1-16-7-8-18(31)13-24(16)40-15-22-20(11-12-23-26(22)35(5)27(36)28(3,4)34-23)21-10-9-19(14-25(21)39-6)41-42(37,38)29(32,33)17(2)30/h7-14,17,34H,15H2,1-6H3. The van der Waals surface area contributed by atoms with Gasteiger partial charge in [-0.05, 0) is 63.1 Å². The first kappa shape index (κ1) is 30.9. The number of hydrogen-bond acceptors (Lipinski definition) is 7. The number of anilines is 2. The number of ether oxygens (including phenoxy) is 2. The fraction of sp³-hybridized carbons (Fsp3) is 0.345. The Balaban J connectivity index is 1.84. The fourth-order valence-corrected chi connectivity index (χ4v) is 5.50. The summed E-state index contributed by atoms with van der Waals surface area (Å²) in [6.45, 7) is 5.50. The van der Waals surface area contributed by atoms with E-state index in [1.54, 1.807) is 46.0 Å². The van der Waals surface area contributed by atoms with Gasteiger partial charge in [-0.3, -0.25) is 4.79 Å². The molecule has 0 spiro atoms. The Hall–Kier alpha value is -4.00. The zero-order valence-electron chi connectivity index (χ0n) is 23.7. The van der Waals surface area contributed by atoms with Crippen molar-refractivity contribution in [2.75, 3.05) is 24.4 Å². The first-order valence-electron chi connectivity index (χ1n) is 12.8. The third-order valence-corrected chi connectivity index (χ3v) is 8.30. The van der Waals surface area contributed by atoms with Crippen LogP contribution in [0.4, 0.5) is 28.9 Å². The fourth-order valence-electron chi connectivity index (χ4n) is 4.64. The van der Waals surface area contributed by atoms with Gasteiger partial charge in [-0.1, -0.05) is 12.1 Å².